The molecule has 26 heavy (non-hydrogen) atoms. The van der Waals surface area contributed by atoms with Gasteiger partial charge < -0.3 is 20.3 Å². The Bertz CT molecular complexity index is 717. The van der Waals surface area contributed by atoms with Crippen LogP contribution in [0.2, 0.25) is 5.02 Å². The first-order chi connectivity index (χ1) is 12.0. The van der Waals surface area contributed by atoms with Crippen LogP contribution in [-0.4, -0.2) is 42.1 Å². The number of hydrogen-bond acceptors (Lipinski definition) is 5. The van der Waals surface area contributed by atoms with Crippen LogP contribution < -0.4 is 20.3 Å². The van der Waals surface area contributed by atoms with Gasteiger partial charge in [-0.2, -0.15) is 0 Å². The first kappa shape index (κ1) is 19.0. The van der Waals surface area contributed by atoms with E-state index in [-0.39, 0.29) is 42.1 Å². The molecule has 1 aromatic rings. The number of rotatable bonds is 3. The zero-order valence-corrected chi connectivity index (χ0v) is 16.4. The van der Waals surface area contributed by atoms with Gasteiger partial charge in [0.2, 0.25) is 5.91 Å². The number of nitrogens with one attached hydrogen (secondary N) is 2. The highest BCUT2D eigenvalue weighted by Gasteiger charge is 2.38. The molecule has 1 amide bonds. The van der Waals surface area contributed by atoms with E-state index in [0.717, 1.165) is 12.8 Å². The van der Waals surface area contributed by atoms with E-state index in [4.69, 9.17) is 16.3 Å². The molecule has 2 heterocycles. The van der Waals surface area contributed by atoms with Gasteiger partial charge in [0.15, 0.2) is 5.75 Å². The minimum atomic E-state index is -0.378. The predicted molar refractivity (Wildman–Crippen MR) is 102 cm³/mol. The van der Waals surface area contributed by atoms with Crippen molar-refractivity contribution < 1.29 is 14.3 Å². The van der Waals surface area contributed by atoms with Gasteiger partial charge in [0.25, 0.3) is 0 Å². The second-order valence-corrected chi connectivity index (χ2v) is 8.94. The van der Waals surface area contributed by atoms with Gasteiger partial charge in [-0.3, -0.25) is 4.79 Å². The number of fused-ring (bicyclic) bond motifs is 1. The van der Waals surface area contributed by atoms with Crippen molar-refractivity contribution in [1.29, 1.82) is 0 Å². The first-order valence-electron chi connectivity index (χ1n) is 8.87. The summed E-state index contributed by atoms with van der Waals surface area (Å²) < 4.78 is 5.22. The number of esters is 1. The van der Waals surface area contributed by atoms with Crippen LogP contribution in [0.15, 0.2) is 18.2 Å². The van der Waals surface area contributed by atoms with Crippen molar-refractivity contribution in [3.8, 4) is 5.75 Å². The molecule has 2 aliphatic rings. The van der Waals surface area contributed by atoms with Crippen molar-refractivity contribution in [3.63, 3.8) is 0 Å². The van der Waals surface area contributed by atoms with E-state index >= 15 is 0 Å². The number of hydrogen-bond donors (Lipinski definition) is 2. The molecule has 0 aromatic heterocycles. The number of halogens is 1. The Hall–Kier alpha value is -1.79. The Morgan fingerprint density at radius 3 is 2.62 bits per heavy atom. The smallest absolute Gasteiger partial charge is 0.331 e. The molecule has 0 aliphatic carbocycles. The topological polar surface area (TPSA) is 70.7 Å². The van der Waals surface area contributed by atoms with Crippen molar-refractivity contribution in [2.45, 2.75) is 57.7 Å². The highest BCUT2D eigenvalue weighted by Crippen LogP contribution is 2.34. The lowest BCUT2D eigenvalue weighted by molar-refractivity contribution is -0.133. The van der Waals surface area contributed by atoms with Gasteiger partial charge in [0.1, 0.15) is 6.54 Å². The molecule has 1 aromatic carbocycles. The van der Waals surface area contributed by atoms with Crippen molar-refractivity contribution in [1.82, 2.24) is 10.6 Å². The predicted octanol–water partition coefficient (Wildman–Crippen LogP) is 2.49. The van der Waals surface area contributed by atoms with Crippen LogP contribution >= 0.6 is 11.6 Å². The van der Waals surface area contributed by atoms with Crippen LogP contribution in [0.25, 0.3) is 0 Å². The van der Waals surface area contributed by atoms with Gasteiger partial charge in [0.05, 0.1) is 12.2 Å². The molecule has 2 aliphatic heterocycles. The number of ether oxygens (including phenoxy) is 1. The van der Waals surface area contributed by atoms with Crippen molar-refractivity contribution in [3.05, 3.63) is 23.2 Å². The summed E-state index contributed by atoms with van der Waals surface area (Å²) in [7, 11) is 0. The van der Waals surface area contributed by atoms with Crippen LogP contribution in [0.4, 0.5) is 5.69 Å². The van der Waals surface area contributed by atoms with E-state index in [9.17, 15) is 9.59 Å². The number of carbonyl (C=O) groups is 2. The fraction of sp³-hybridized carbons (Fsp3) is 0.579. The number of piperidine rings is 1. The number of amides is 1. The van der Waals surface area contributed by atoms with E-state index in [2.05, 4.69) is 38.3 Å². The number of anilines is 1. The zero-order chi connectivity index (χ0) is 19.1. The summed E-state index contributed by atoms with van der Waals surface area (Å²) in [6.07, 6.45) is 1.71. The fourth-order valence-electron chi connectivity index (χ4n) is 4.23. The van der Waals surface area contributed by atoms with Crippen molar-refractivity contribution in [2.24, 2.45) is 0 Å². The van der Waals surface area contributed by atoms with Gasteiger partial charge in [-0.25, -0.2) is 4.79 Å². The standard InChI is InChI=1S/C19H26ClN3O3/c1-18(2)8-13(9-19(3,4)22-18)21-16(24)10-23-11-17(25)26-15-6-5-12(20)7-14(15)23/h5-7,13,22H,8-11H2,1-4H3,(H,21,24). The second-order valence-electron chi connectivity index (χ2n) is 8.51. The molecule has 0 saturated carbocycles. The largest absolute Gasteiger partial charge is 0.423 e. The van der Waals surface area contributed by atoms with Gasteiger partial charge in [0, 0.05) is 22.1 Å². The molecule has 1 fully saturated rings. The van der Waals surface area contributed by atoms with E-state index in [1.807, 2.05) is 0 Å². The van der Waals surface area contributed by atoms with Gasteiger partial charge in [-0.15, -0.1) is 0 Å². The zero-order valence-electron chi connectivity index (χ0n) is 15.7. The lowest BCUT2D eigenvalue weighted by Crippen LogP contribution is -2.62. The van der Waals surface area contributed by atoms with E-state index < -0.39 is 0 Å². The minimum absolute atomic E-state index is 0.0317. The summed E-state index contributed by atoms with van der Waals surface area (Å²) >= 11 is 6.06. The second kappa shape index (κ2) is 6.74. The Morgan fingerprint density at radius 2 is 1.96 bits per heavy atom. The third-order valence-corrected chi connectivity index (χ3v) is 4.93. The maximum Gasteiger partial charge on any atom is 0.331 e. The van der Waals surface area contributed by atoms with Crippen LogP contribution in [-0.2, 0) is 9.59 Å². The first-order valence-corrected chi connectivity index (χ1v) is 9.25. The number of benzene rings is 1. The summed E-state index contributed by atoms with van der Waals surface area (Å²) in [4.78, 5) is 26.2. The molecule has 0 radical (unpaired) electrons. The van der Waals surface area contributed by atoms with Gasteiger partial charge >= 0.3 is 5.97 Å². The Morgan fingerprint density at radius 1 is 1.31 bits per heavy atom. The molecule has 2 N–H and O–H groups in total. The average molecular weight is 380 g/mol. The molecule has 0 atom stereocenters. The molecule has 0 spiro atoms. The van der Waals surface area contributed by atoms with Crippen molar-refractivity contribution >= 4 is 29.2 Å². The maximum atomic E-state index is 12.6. The molecule has 3 rings (SSSR count). The highest BCUT2D eigenvalue weighted by molar-refractivity contribution is 6.31. The van der Waals surface area contributed by atoms with Gasteiger partial charge in [-0.1, -0.05) is 11.6 Å². The van der Waals surface area contributed by atoms with Crippen LogP contribution in [0.1, 0.15) is 40.5 Å². The molecular weight excluding hydrogens is 354 g/mol. The summed E-state index contributed by atoms with van der Waals surface area (Å²) in [5.74, 6) is -0.0523. The van der Waals surface area contributed by atoms with Crippen molar-refractivity contribution in [2.75, 3.05) is 18.0 Å². The van der Waals surface area contributed by atoms with E-state index in [0.29, 0.717) is 16.5 Å². The molecular formula is C19H26ClN3O3. The summed E-state index contributed by atoms with van der Waals surface area (Å²) in [6, 6.07) is 5.12. The molecule has 0 unspecified atom stereocenters. The quantitative estimate of drug-likeness (QED) is 0.623. The third kappa shape index (κ3) is 4.48. The number of carbonyl (C=O) groups excluding carboxylic acids is 2. The molecule has 0 bridgehead atoms. The summed E-state index contributed by atoms with van der Waals surface area (Å²) in [5.41, 5.74) is 0.571. The third-order valence-electron chi connectivity index (χ3n) is 4.70. The lowest BCUT2D eigenvalue weighted by Gasteiger charge is -2.46. The average Bonchev–Trinajstić information content (AvgIpc) is 2.44. The highest BCUT2D eigenvalue weighted by atomic mass is 35.5. The Kier molecular flexibility index (Phi) is 4.92. The van der Waals surface area contributed by atoms with Crippen LogP contribution in [0.5, 0.6) is 5.75 Å². The molecule has 142 valence electrons. The fourth-order valence-corrected chi connectivity index (χ4v) is 4.40. The van der Waals surface area contributed by atoms with Crippen LogP contribution in [0, 0.1) is 0 Å². The molecule has 6 nitrogen and oxygen atoms in total. The Balaban J connectivity index is 1.69. The maximum absolute atomic E-state index is 12.6. The van der Waals surface area contributed by atoms with E-state index in [1.54, 1.807) is 23.1 Å². The molecule has 7 heteroatoms. The normalized spacial score (nSPS) is 21.7. The summed E-state index contributed by atoms with van der Waals surface area (Å²) in [6.45, 7) is 8.70. The lowest BCUT2D eigenvalue weighted by atomic mass is 9.79. The minimum Gasteiger partial charge on any atom is -0.423 e. The SMILES string of the molecule is CC1(C)CC(NC(=O)CN2CC(=O)Oc3ccc(Cl)cc32)CC(C)(C)N1. The number of nitrogens with zero attached hydrogens (tertiary/aromatic N) is 1. The van der Waals surface area contributed by atoms with Gasteiger partial charge in [-0.05, 0) is 58.7 Å². The van der Waals surface area contributed by atoms with Crippen LogP contribution in [0.3, 0.4) is 0 Å². The Labute approximate surface area is 159 Å². The van der Waals surface area contributed by atoms with E-state index in [1.165, 1.54) is 0 Å². The molecule has 1 saturated heterocycles. The monoisotopic (exact) mass is 379 g/mol. The summed E-state index contributed by atoms with van der Waals surface area (Å²) in [5, 5.41) is 7.27.